The number of amides is 1. The van der Waals surface area contributed by atoms with E-state index in [0.29, 0.717) is 19.5 Å². The van der Waals surface area contributed by atoms with Crippen LogP contribution in [0.4, 0.5) is 0 Å². The first kappa shape index (κ1) is 21.7. The minimum Gasteiger partial charge on any atom is -0.497 e. The Balaban J connectivity index is 1.60. The molecule has 1 aromatic carbocycles. The fourth-order valence-electron chi connectivity index (χ4n) is 5.43. The zero-order chi connectivity index (χ0) is 21.8. The van der Waals surface area contributed by atoms with E-state index in [1.54, 1.807) is 20.5 Å². The summed E-state index contributed by atoms with van der Waals surface area (Å²) in [6.45, 7) is 1.46. The van der Waals surface area contributed by atoms with E-state index in [1.807, 2.05) is 30.3 Å². The lowest BCUT2D eigenvalue weighted by Crippen LogP contribution is -3.16. The lowest BCUT2D eigenvalue weighted by atomic mass is 9.66. The standard InChI is InChI=1S/C24H32N2O5/c1-29-17-8-9-19(21(14-17)30-2)23-20-7-3-4-10-24(20,28)11-12-26(23)16-22(27)25-15-18-6-5-13-31-18/h5-6,8-9,13-14,20,23,28H,3-4,7,10-12,15-16H2,1-2H3,(H,25,27)/p+1/t20-,23-,24-/m0/s1. The van der Waals surface area contributed by atoms with Crippen molar-refractivity contribution in [1.82, 2.24) is 5.32 Å². The highest BCUT2D eigenvalue weighted by atomic mass is 16.5. The Morgan fingerprint density at radius 1 is 1.26 bits per heavy atom. The third kappa shape index (κ3) is 4.57. The molecular weight excluding hydrogens is 396 g/mol. The molecule has 31 heavy (non-hydrogen) atoms. The molecule has 2 fully saturated rings. The molecular formula is C24H33N2O5+. The van der Waals surface area contributed by atoms with Crippen molar-refractivity contribution in [2.45, 2.75) is 50.3 Å². The van der Waals surface area contributed by atoms with Gasteiger partial charge in [-0.2, -0.15) is 0 Å². The summed E-state index contributed by atoms with van der Waals surface area (Å²) in [5, 5.41) is 14.4. The number of methoxy groups -OCH3 is 2. The summed E-state index contributed by atoms with van der Waals surface area (Å²) in [6, 6.07) is 9.50. The van der Waals surface area contributed by atoms with Gasteiger partial charge in [0.25, 0.3) is 5.91 Å². The smallest absolute Gasteiger partial charge is 0.275 e. The summed E-state index contributed by atoms with van der Waals surface area (Å²) >= 11 is 0. The van der Waals surface area contributed by atoms with Gasteiger partial charge < -0.3 is 29.2 Å². The molecule has 0 spiro atoms. The van der Waals surface area contributed by atoms with Crippen LogP contribution in [0.25, 0.3) is 0 Å². The number of piperidine rings is 1. The first-order valence-corrected chi connectivity index (χ1v) is 11.1. The predicted octanol–water partition coefficient (Wildman–Crippen LogP) is 1.86. The third-order valence-electron chi connectivity index (χ3n) is 6.99. The second-order valence-electron chi connectivity index (χ2n) is 8.73. The molecule has 7 nitrogen and oxygen atoms in total. The van der Waals surface area contributed by atoms with Crippen molar-refractivity contribution >= 4 is 5.91 Å². The number of quaternary nitrogens is 1. The van der Waals surface area contributed by atoms with Crippen LogP contribution in [0.5, 0.6) is 11.5 Å². The summed E-state index contributed by atoms with van der Waals surface area (Å²) in [5.41, 5.74) is 0.351. The number of hydrogen-bond donors (Lipinski definition) is 3. The monoisotopic (exact) mass is 429 g/mol. The average molecular weight is 430 g/mol. The van der Waals surface area contributed by atoms with Gasteiger partial charge in [-0.25, -0.2) is 0 Å². The van der Waals surface area contributed by atoms with Crippen molar-refractivity contribution < 1.29 is 28.7 Å². The number of carbonyl (C=O) groups excluding carboxylic acids is 1. The Labute approximate surface area is 183 Å². The summed E-state index contributed by atoms with van der Waals surface area (Å²) in [5.74, 6) is 2.27. The van der Waals surface area contributed by atoms with Crippen molar-refractivity contribution in [2.75, 3.05) is 27.3 Å². The maximum atomic E-state index is 12.8. The molecule has 1 saturated carbocycles. The fraction of sp³-hybridized carbons (Fsp3) is 0.542. The molecule has 0 radical (unpaired) electrons. The van der Waals surface area contributed by atoms with Crippen molar-refractivity contribution in [3.8, 4) is 11.5 Å². The van der Waals surface area contributed by atoms with Crippen LogP contribution in [0.1, 0.15) is 49.5 Å². The number of hydrogen-bond acceptors (Lipinski definition) is 5. The van der Waals surface area contributed by atoms with Crippen molar-refractivity contribution in [1.29, 1.82) is 0 Å². The molecule has 2 aliphatic rings. The molecule has 0 bridgehead atoms. The Morgan fingerprint density at radius 3 is 2.87 bits per heavy atom. The Morgan fingerprint density at radius 2 is 2.13 bits per heavy atom. The van der Waals surface area contributed by atoms with Gasteiger partial charge in [-0.1, -0.05) is 12.8 Å². The van der Waals surface area contributed by atoms with Gasteiger partial charge in [0.1, 0.15) is 23.3 Å². The van der Waals surface area contributed by atoms with Crippen LogP contribution in [-0.4, -0.2) is 43.9 Å². The van der Waals surface area contributed by atoms with Crippen LogP contribution in [0.3, 0.4) is 0 Å². The van der Waals surface area contributed by atoms with E-state index in [9.17, 15) is 9.90 Å². The number of ether oxygens (including phenoxy) is 2. The molecule has 3 N–H and O–H groups in total. The van der Waals surface area contributed by atoms with Crippen molar-refractivity contribution in [3.63, 3.8) is 0 Å². The number of rotatable bonds is 7. The van der Waals surface area contributed by atoms with Gasteiger partial charge in [-0.3, -0.25) is 4.79 Å². The van der Waals surface area contributed by atoms with Gasteiger partial charge in [0.2, 0.25) is 0 Å². The molecule has 1 unspecified atom stereocenters. The molecule has 4 rings (SSSR count). The van der Waals surface area contributed by atoms with Crippen LogP contribution in [-0.2, 0) is 11.3 Å². The number of carbonyl (C=O) groups is 1. The van der Waals surface area contributed by atoms with Gasteiger partial charge in [0, 0.05) is 18.4 Å². The van der Waals surface area contributed by atoms with Crippen LogP contribution in [0.15, 0.2) is 41.0 Å². The molecule has 7 heteroatoms. The first-order valence-electron chi connectivity index (χ1n) is 11.1. The van der Waals surface area contributed by atoms with Gasteiger partial charge in [0.05, 0.1) is 44.7 Å². The van der Waals surface area contributed by atoms with Gasteiger partial charge in [-0.15, -0.1) is 0 Å². The lowest BCUT2D eigenvalue weighted by molar-refractivity contribution is -0.937. The third-order valence-corrected chi connectivity index (χ3v) is 6.99. The second-order valence-corrected chi connectivity index (χ2v) is 8.73. The number of fused-ring (bicyclic) bond motifs is 1. The number of nitrogens with one attached hydrogen (secondary N) is 2. The normalized spacial score (nSPS) is 27.9. The fourth-order valence-corrected chi connectivity index (χ4v) is 5.43. The van der Waals surface area contributed by atoms with E-state index in [1.165, 1.54) is 0 Å². The van der Waals surface area contributed by atoms with Crippen LogP contribution < -0.4 is 19.7 Å². The lowest BCUT2D eigenvalue weighted by Gasteiger charge is -2.50. The topological polar surface area (TPSA) is 85.4 Å². The van der Waals surface area contributed by atoms with E-state index >= 15 is 0 Å². The van der Waals surface area contributed by atoms with E-state index in [0.717, 1.165) is 60.0 Å². The highest BCUT2D eigenvalue weighted by molar-refractivity contribution is 5.76. The van der Waals surface area contributed by atoms with Crippen LogP contribution in [0, 0.1) is 5.92 Å². The molecule has 1 aliphatic carbocycles. The molecule has 1 aromatic heterocycles. The Bertz CT molecular complexity index is 884. The molecule has 2 heterocycles. The molecule has 2 aromatic rings. The largest absolute Gasteiger partial charge is 0.497 e. The van der Waals surface area contributed by atoms with Crippen molar-refractivity contribution in [2.24, 2.45) is 5.92 Å². The summed E-state index contributed by atoms with van der Waals surface area (Å²) < 4.78 is 16.4. The molecule has 1 saturated heterocycles. The number of likely N-dealkylation sites (tertiary alicyclic amines) is 1. The number of aliphatic hydroxyl groups is 1. The van der Waals surface area contributed by atoms with E-state index in [-0.39, 0.29) is 17.9 Å². The van der Waals surface area contributed by atoms with E-state index in [4.69, 9.17) is 13.9 Å². The number of benzene rings is 1. The van der Waals surface area contributed by atoms with Crippen molar-refractivity contribution in [3.05, 3.63) is 47.9 Å². The van der Waals surface area contributed by atoms with Gasteiger partial charge >= 0.3 is 0 Å². The predicted molar refractivity (Wildman–Crippen MR) is 115 cm³/mol. The van der Waals surface area contributed by atoms with E-state index < -0.39 is 5.60 Å². The maximum absolute atomic E-state index is 12.8. The Hall–Kier alpha value is -2.51. The maximum Gasteiger partial charge on any atom is 0.275 e. The zero-order valence-corrected chi connectivity index (χ0v) is 18.4. The minimum absolute atomic E-state index is 0.0192. The van der Waals surface area contributed by atoms with Gasteiger partial charge in [-0.05, 0) is 37.1 Å². The summed E-state index contributed by atoms with van der Waals surface area (Å²) in [4.78, 5) is 14.0. The molecule has 1 amide bonds. The first-order chi connectivity index (χ1) is 15.0. The highest BCUT2D eigenvalue weighted by Crippen LogP contribution is 2.46. The quantitative estimate of drug-likeness (QED) is 0.626. The second kappa shape index (κ2) is 9.32. The van der Waals surface area contributed by atoms with E-state index in [2.05, 4.69) is 5.32 Å². The molecule has 4 atom stereocenters. The summed E-state index contributed by atoms with van der Waals surface area (Å²) in [7, 11) is 3.29. The van der Waals surface area contributed by atoms with Gasteiger partial charge in [0.15, 0.2) is 6.54 Å². The molecule has 1 aliphatic heterocycles. The SMILES string of the molecule is COc1ccc([C@H]2[C@@H]3CCCC[C@]3(O)CC[NH+]2CC(=O)NCc2ccco2)c(OC)c1. The summed E-state index contributed by atoms with van der Waals surface area (Å²) in [6.07, 6.45) is 6.25. The van der Waals surface area contributed by atoms with Crippen LogP contribution in [0.2, 0.25) is 0 Å². The van der Waals surface area contributed by atoms with Crippen LogP contribution >= 0.6 is 0 Å². The Kier molecular flexibility index (Phi) is 6.53. The average Bonchev–Trinajstić information content (AvgIpc) is 3.31. The zero-order valence-electron chi connectivity index (χ0n) is 18.4. The number of furan rings is 1. The molecule has 168 valence electrons. The minimum atomic E-state index is -0.679. The highest BCUT2D eigenvalue weighted by Gasteiger charge is 2.52.